The maximum atomic E-state index is 13.3. The summed E-state index contributed by atoms with van der Waals surface area (Å²) in [5.41, 5.74) is 12.0. The summed E-state index contributed by atoms with van der Waals surface area (Å²) in [6, 6.07) is 41.8. The Bertz CT molecular complexity index is 4390. The first-order chi connectivity index (χ1) is 43.8. The summed E-state index contributed by atoms with van der Waals surface area (Å²) in [7, 11) is 0. The molecule has 2 amide bonds. The Kier molecular flexibility index (Phi) is 21.7. The summed E-state index contributed by atoms with van der Waals surface area (Å²) >= 11 is 9.53. The van der Waals surface area contributed by atoms with E-state index in [1.165, 1.54) is 30.0 Å². The zero-order chi connectivity index (χ0) is 63.6. The van der Waals surface area contributed by atoms with Gasteiger partial charge in [0.15, 0.2) is 10.9 Å². The van der Waals surface area contributed by atoms with Gasteiger partial charge in [-0.3, -0.25) is 24.4 Å². The molecular formula is C74H85Cl2N9O6S2. The number of nitrogens with one attached hydrogen (secondary N) is 5. The molecule has 0 radical (unpaired) electrons. The molecular weight excluding hydrogens is 1250 g/mol. The van der Waals surface area contributed by atoms with Crippen LogP contribution in [0.4, 0.5) is 9.59 Å². The molecule has 5 aliphatic rings. The van der Waals surface area contributed by atoms with Crippen LogP contribution in [0.1, 0.15) is 153 Å². The molecule has 93 heavy (non-hydrogen) atoms. The summed E-state index contributed by atoms with van der Waals surface area (Å²) in [5.74, 6) is 1.03. The van der Waals surface area contributed by atoms with Crippen molar-refractivity contribution < 1.29 is 19.1 Å². The van der Waals surface area contributed by atoms with Crippen molar-refractivity contribution in [1.82, 2.24) is 40.4 Å². The van der Waals surface area contributed by atoms with Gasteiger partial charge in [0.2, 0.25) is 0 Å². The van der Waals surface area contributed by atoms with Gasteiger partial charge in [0.05, 0.1) is 46.4 Å². The van der Waals surface area contributed by atoms with Crippen molar-refractivity contribution in [3.63, 3.8) is 0 Å². The number of hydrogen-bond donors (Lipinski definition) is 5. The number of nitrogens with zero attached hydrogens (tertiary/aromatic N) is 4. The number of amides is 2. The molecule has 488 valence electrons. The number of allylic oxidation sites excluding steroid dienone is 1. The maximum Gasteiger partial charge on any atom is 0.410 e. The Morgan fingerprint density at radius 3 is 1.58 bits per heavy atom. The van der Waals surface area contributed by atoms with E-state index in [2.05, 4.69) is 115 Å². The average Bonchev–Trinajstić information content (AvgIpc) is 1.24. The summed E-state index contributed by atoms with van der Waals surface area (Å²) in [6.45, 7) is 14.6. The van der Waals surface area contributed by atoms with Crippen LogP contribution < -0.4 is 21.5 Å². The maximum absolute atomic E-state index is 13.3. The van der Waals surface area contributed by atoms with Crippen LogP contribution in [0.5, 0.6) is 0 Å². The van der Waals surface area contributed by atoms with E-state index in [1.807, 2.05) is 83.1 Å². The molecule has 0 saturated carbocycles. The second-order valence-electron chi connectivity index (χ2n) is 26.7. The number of benzene rings is 6. The number of rotatable bonds is 8. The van der Waals surface area contributed by atoms with Gasteiger partial charge in [0.25, 0.3) is 0 Å². The van der Waals surface area contributed by atoms with Gasteiger partial charge in [0.1, 0.15) is 17.0 Å². The average molecular weight is 1330 g/mol. The van der Waals surface area contributed by atoms with Crippen LogP contribution in [0.25, 0.3) is 82.4 Å². The van der Waals surface area contributed by atoms with Gasteiger partial charge in [-0.1, -0.05) is 67.1 Å². The van der Waals surface area contributed by atoms with Crippen LogP contribution in [0, 0.1) is 0 Å². The first-order valence-corrected chi connectivity index (χ1v) is 33.2. The van der Waals surface area contributed by atoms with E-state index in [9.17, 15) is 19.2 Å². The third kappa shape index (κ3) is 15.9. The van der Waals surface area contributed by atoms with Crippen molar-refractivity contribution in [3.8, 4) is 33.5 Å². The highest BCUT2D eigenvalue weighted by Gasteiger charge is 2.37. The number of likely N-dealkylation sites (tertiary alicyclic amines) is 2. The van der Waals surface area contributed by atoms with Crippen LogP contribution in [0.2, 0.25) is 0 Å². The number of alkyl halides is 2. The van der Waals surface area contributed by atoms with Gasteiger partial charge in [-0.05, 0) is 216 Å². The predicted octanol–water partition coefficient (Wildman–Crippen LogP) is 17.0. The number of aromatic amines is 3. The molecule has 5 aliphatic heterocycles. The van der Waals surface area contributed by atoms with Crippen molar-refractivity contribution in [2.75, 3.05) is 31.5 Å². The number of halogens is 2. The second kappa shape index (κ2) is 29.5. The Balaban J connectivity index is 0.000000199. The largest absolute Gasteiger partial charge is 0.444 e. The Hall–Kier alpha value is -7.38. The highest BCUT2D eigenvalue weighted by Crippen LogP contribution is 2.37. The van der Waals surface area contributed by atoms with Crippen LogP contribution >= 0.6 is 50.2 Å². The summed E-state index contributed by atoms with van der Waals surface area (Å²) in [6.07, 6.45) is 14.2. The molecule has 6 aromatic carbocycles. The molecule has 0 spiro atoms. The summed E-state index contributed by atoms with van der Waals surface area (Å²) in [5, 5.41) is 13.2. The van der Waals surface area contributed by atoms with Crippen molar-refractivity contribution in [2.24, 2.45) is 4.99 Å². The highest BCUT2D eigenvalue weighted by atomic mass is 35.5. The van der Waals surface area contributed by atoms with Gasteiger partial charge in [-0.25, -0.2) is 14.6 Å². The fourth-order valence-electron chi connectivity index (χ4n) is 13.5. The van der Waals surface area contributed by atoms with E-state index < -0.39 is 11.2 Å². The minimum absolute atomic E-state index is 0. The molecule has 0 aliphatic carbocycles. The number of carbonyl (C=O) groups is 2. The first kappa shape index (κ1) is 68.5. The lowest BCUT2D eigenvalue weighted by molar-refractivity contribution is 0.00896. The molecule has 3 aromatic heterocycles. The number of H-pyrrole nitrogens is 3. The number of fused-ring (bicyclic) bond motifs is 4. The number of ether oxygens (including phenoxy) is 2. The number of carbonyl (C=O) groups excluding carboxylic acids is 2. The van der Waals surface area contributed by atoms with Gasteiger partial charge >= 0.3 is 12.2 Å². The van der Waals surface area contributed by atoms with E-state index in [-0.39, 0.29) is 73.5 Å². The Labute approximate surface area is 567 Å². The van der Waals surface area contributed by atoms with E-state index in [1.54, 1.807) is 17.0 Å². The van der Waals surface area contributed by atoms with Crippen molar-refractivity contribution in [3.05, 3.63) is 177 Å². The Morgan fingerprint density at radius 2 is 1.00 bits per heavy atom. The minimum Gasteiger partial charge on any atom is -0.444 e. The van der Waals surface area contributed by atoms with Crippen LogP contribution in [-0.2, 0) is 9.47 Å². The first-order valence-electron chi connectivity index (χ1n) is 32.2. The molecule has 4 saturated heterocycles. The van der Waals surface area contributed by atoms with Crippen molar-refractivity contribution >= 4 is 117 Å². The SMILES string of the molecule is CC(C)(C)OC(=O)N1CCCCC1c1cc(=O)c2ccc(-c3ccc4cc(C5=CN=C([C@@H]6CCCN6C(=O)OC(C)(C)C)C5)ccc4c3)cc2[nH]1.ClCCl.O=c1cc(C2CCCCN2)[nH]c2cc(-c3ccc4cc(-c5cnc([C@@H]6CCCN6)[nH]5)ccc4c3)ccc12.S.S. The van der Waals surface area contributed by atoms with E-state index in [0.29, 0.717) is 30.9 Å². The third-order valence-electron chi connectivity index (χ3n) is 17.9. The number of aliphatic imine (C=N–C) groups is 1. The molecule has 19 heteroatoms. The van der Waals surface area contributed by atoms with Gasteiger partial charge in [-0.15, -0.1) is 23.2 Å². The summed E-state index contributed by atoms with van der Waals surface area (Å²) < 4.78 is 11.4. The summed E-state index contributed by atoms with van der Waals surface area (Å²) in [4.78, 5) is 75.7. The topological polar surface area (TPSA) is 190 Å². The smallest absolute Gasteiger partial charge is 0.410 e. The number of pyridine rings is 2. The van der Waals surface area contributed by atoms with E-state index in [0.717, 1.165) is 153 Å². The van der Waals surface area contributed by atoms with Gasteiger partial charge < -0.3 is 35.1 Å². The lowest BCUT2D eigenvalue weighted by Gasteiger charge is -2.36. The molecule has 5 N–H and O–H groups in total. The number of imidazole rings is 1. The monoisotopic (exact) mass is 1330 g/mol. The fraction of sp³-hybridized carbons (Fsp3) is 0.378. The van der Waals surface area contributed by atoms with Crippen LogP contribution in [0.3, 0.4) is 0 Å². The molecule has 4 fully saturated rings. The van der Waals surface area contributed by atoms with Crippen molar-refractivity contribution in [1.29, 1.82) is 0 Å². The molecule has 8 heterocycles. The zero-order valence-corrected chi connectivity index (χ0v) is 57.3. The van der Waals surface area contributed by atoms with E-state index >= 15 is 0 Å². The zero-order valence-electron chi connectivity index (χ0n) is 53.8. The number of aromatic nitrogens is 4. The molecule has 14 rings (SSSR count). The lowest BCUT2D eigenvalue weighted by atomic mass is 9.95. The normalized spacial score (nSPS) is 19.0. The molecule has 15 nitrogen and oxygen atoms in total. The second-order valence-corrected chi connectivity index (χ2v) is 27.5. The van der Waals surface area contributed by atoms with Crippen molar-refractivity contribution in [2.45, 2.75) is 148 Å². The van der Waals surface area contributed by atoms with Crippen LogP contribution in [0.15, 0.2) is 148 Å². The molecule has 9 aromatic rings. The van der Waals surface area contributed by atoms with Gasteiger partial charge in [0, 0.05) is 77.3 Å². The third-order valence-corrected chi connectivity index (χ3v) is 17.9. The van der Waals surface area contributed by atoms with Crippen LogP contribution in [-0.4, -0.2) is 96.4 Å². The fourth-order valence-corrected chi connectivity index (χ4v) is 13.5. The quantitative estimate of drug-likeness (QED) is 0.0922. The lowest BCUT2D eigenvalue weighted by Crippen LogP contribution is -2.43. The molecule has 4 atom stereocenters. The predicted molar refractivity (Wildman–Crippen MR) is 390 cm³/mol. The van der Waals surface area contributed by atoms with Gasteiger partial charge in [-0.2, -0.15) is 27.0 Å². The van der Waals surface area contributed by atoms with E-state index in [4.69, 9.17) is 37.7 Å². The number of piperidine rings is 2. The Morgan fingerprint density at radius 1 is 0.527 bits per heavy atom. The highest BCUT2D eigenvalue weighted by molar-refractivity contribution is 7.59. The standard InChI is InChI=1S/C42H48N4O5.C31H31N5O.CH2Cl2.2H2S/c1-41(2,3)50-39(48)45-18-8-7-10-37(45)35-24-38(47)32-17-16-30(22-33(32)44-35)28-13-12-27-21-29(15-14-26(27)20-28)31-23-34(43-25-31)36-11-9-19-46(36)40(49)51-42(4,5)6;37-30-17-28(25-4-1-2-12-32-25)35-27-16-22(10-11-24(27)30)20-6-7-21-15-23(9-8-19(21)14-20)29-18-34-31(36-29)26-5-3-13-33-26;2-1-3;;/h12-17,20-22,24-25,36-37H,7-11,18-19,23H2,1-6H3,(H,44,47);6-11,14-18,25-26,32-33H,1-5,12-13H2,(H,34,36)(H,35,37);1H2;2*1H2/t36-,37?;25?,26-;;;/m00.../s1. The minimum atomic E-state index is -0.597. The molecule has 0 bridgehead atoms. The number of hydrogen-bond acceptors (Lipinski definition) is 10. The molecule has 2 unspecified atom stereocenters.